The molecule has 2 heterocycles. The number of furan rings is 1. The van der Waals surface area contributed by atoms with Gasteiger partial charge in [-0.2, -0.15) is 0 Å². The minimum Gasteiger partial charge on any atom is -0.550 e. The van der Waals surface area contributed by atoms with Crippen LogP contribution in [0.5, 0.6) is 0 Å². The molecule has 132 valence electrons. The Morgan fingerprint density at radius 3 is 2.24 bits per heavy atom. The Morgan fingerprint density at radius 2 is 1.64 bits per heavy atom. The maximum absolute atomic E-state index is 12.9. The quantitative estimate of drug-likeness (QED) is 0.706. The minimum absolute atomic E-state index is 0.0109. The molecule has 1 aliphatic heterocycles. The van der Waals surface area contributed by atoms with Gasteiger partial charge in [0.05, 0.1) is 12.2 Å². The molecule has 0 aromatic carbocycles. The minimum atomic E-state index is -1.14. The molecule has 2 fully saturated rings. The fraction of sp³-hybridized carbons (Fsp3) is 0.500. The largest absolute Gasteiger partial charge is 0.550 e. The van der Waals surface area contributed by atoms with Crippen LogP contribution >= 0.6 is 0 Å². The van der Waals surface area contributed by atoms with Gasteiger partial charge in [0.15, 0.2) is 5.76 Å². The summed E-state index contributed by atoms with van der Waals surface area (Å²) in [5.41, 5.74) is 0. The third kappa shape index (κ3) is 2.63. The lowest BCUT2D eigenvalue weighted by molar-refractivity contribution is -0.313. The molecule has 1 saturated heterocycles. The second kappa shape index (κ2) is 6.06. The Balaban J connectivity index is 1.41. The number of hydrogen-bond donors (Lipinski definition) is 0. The van der Waals surface area contributed by atoms with Gasteiger partial charge in [0.1, 0.15) is 0 Å². The molecule has 1 aromatic heterocycles. The van der Waals surface area contributed by atoms with Gasteiger partial charge in [-0.25, -0.2) is 0 Å². The molecule has 7 nitrogen and oxygen atoms in total. The third-order valence-electron chi connectivity index (χ3n) is 5.63. The molecule has 0 unspecified atom stereocenters. The zero-order valence-corrected chi connectivity index (χ0v) is 13.7. The van der Waals surface area contributed by atoms with Crippen molar-refractivity contribution in [3.63, 3.8) is 0 Å². The van der Waals surface area contributed by atoms with Crippen LogP contribution in [0, 0.1) is 23.7 Å². The number of carbonyl (C=O) groups is 3. The SMILES string of the molecule is O=C([O-])[C@@H]1[C@@H](C(=O)N2CCN(C(=O)c3ccco3)CC2)[C@@H]2C=C[C@@H]1C2. The third-order valence-corrected chi connectivity index (χ3v) is 5.63. The van der Waals surface area contributed by atoms with Crippen molar-refractivity contribution in [2.75, 3.05) is 26.2 Å². The molecular weight excluding hydrogens is 324 g/mol. The summed E-state index contributed by atoms with van der Waals surface area (Å²) in [7, 11) is 0. The lowest BCUT2D eigenvalue weighted by Gasteiger charge is -2.38. The lowest BCUT2D eigenvalue weighted by atomic mass is 9.82. The topological polar surface area (TPSA) is 93.9 Å². The second-order valence-corrected chi connectivity index (χ2v) is 6.91. The van der Waals surface area contributed by atoms with E-state index in [1.165, 1.54) is 6.26 Å². The average Bonchev–Trinajstić information content (AvgIpc) is 3.36. The molecule has 7 heteroatoms. The molecule has 4 atom stereocenters. The monoisotopic (exact) mass is 343 g/mol. The van der Waals surface area contributed by atoms with Gasteiger partial charge in [-0.05, 0) is 30.4 Å². The highest BCUT2D eigenvalue weighted by atomic mass is 16.4. The van der Waals surface area contributed by atoms with E-state index in [1.54, 1.807) is 21.9 Å². The average molecular weight is 343 g/mol. The first kappa shape index (κ1) is 15.9. The summed E-state index contributed by atoms with van der Waals surface area (Å²) in [5.74, 6) is -2.54. The lowest BCUT2D eigenvalue weighted by Crippen LogP contribution is -2.54. The van der Waals surface area contributed by atoms with Crippen LogP contribution in [0.1, 0.15) is 17.0 Å². The molecule has 25 heavy (non-hydrogen) atoms. The van der Waals surface area contributed by atoms with E-state index in [9.17, 15) is 19.5 Å². The predicted octanol–water partition coefficient (Wildman–Crippen LogP) is -0.248. The Morgan fingerprint density at radius 1 is 1.00 bits per heavy atom. The van der Waals surface area contributed by atoms with Gasteiger partial charge in [0.2, 0.25) is 5.91 Å². The van der Waals surface area contributed by atoms with Crippen molar-refractivity contribution in [3.8, 4) is 0 Å². The second-order valence-electron chi connectivity index (χ2n) is 6.91. The first-order chi connectivity index (χ1) is 12.1. The van der Waals surface area contributed by atoms with Crippen LogP contribution in [0.4, 0.5) is 0 Å². The van der Waals surface area contributed by atoms with Crippen LogP contribution in [0.3, 0.4) is 0 Å². The summed E-state index contributed by atoms with van der Waals surface area (Å²) in [5, 5.41) is 11.5. The van der Waals surface area contributed by atoms with Crippen molar-refractivity contribution in [1.29, 1.82) is 0 Å². The first-order valence-corrected chi connectivity index (χ1v) is 8.57. The van der Waals surface area contributed by atoms with Crippen LogP contribution in [0.2, 0.25) is 0 Å². The fourth-order valence-electron chi connectivity index (χ4n) is 4.38. The van der Waals surface area contributed by atoms with E-state index in [2.05, 4.69) is 0 Å². The van der Waals surface area contributed by atoms with E-state index in [0.717, 1.165) is 0 Å². The number of allylic oxidation sites excluding steroid dienone is 2. The van der Waals surface area contributed by atoms with Crippen LogP contribution in [-0.2, 0) is 9.59 Å². The van der Waals surface area contributed by atoms with Crippen molar-refractivity contribution in [1.82, 2.24) is 9.80 Å². The van der Waals surface area contributed by atoms with E-state index < -0.39 is 17.8 Å². The molecule has 2 bridgehead atoms. The summed E-state index contributed by atoms with van der Waals surface area (Å²) in [6, 6.07) is 3.28. The molecule has 4 rings (SSSR count). The number of nitrogens with zero attached hydrogens (tertiary/aromatic N) is 2. The molecule has 0 radical (unpaired) electrons. The van der Waals surface area contributed by atoms with Crippen LogP contribution in [0.25, 0.3) is 0 Å². The highest BCUT2D eigenvalue weighted by Gasteiger charge is 2.50. The summed E-state index contributed by atoms with van der Waals surface area (Å²) in [6.07, 6.45) is 6.03. The van der Waals surface area contributed by atoms with Gasteiger partial charge < -0.3 is 24.1 Å². The molecule has 3 aliphatic rings. The van der Waals surface area contributed by atoms with E-state index in [0.29, 0.717) is 32.6 Å². The van der Waals surface area contributed by atoms with Crippen LogP contribution < -0.4 is 5.11 Å². The van der Waals surface area contributed by atoms with Gasteiger partial charge in [-0.1, -0.05) is 12.2 Å². The van der Waals surface area contributed by atoms with Crippen molar-refractivity contribution < 1.29 is 23.9 Å². The van der Waals surface area contributed by atoms with E-state index in [4.69, 9.17) is 4.42 Å². The smallest absolute Gasteiger partial charge is 0.289 e. The normalized spacial score (nSPS) is 30.7. The zero-order chi connectivity index (χ0) is 17.6. The highest BCUT2D eigenvalue weighted by molar-refractivity contribution is 5.92. The number of hydrogen-bond acceptors (Lipinski definition) is 5. The van der Waals surface area contributed by atoms with Crippen molar-refractivity contribution in [2.24, 2.45) is 23.7 Å². The van der Waals surface area contributed by atoms with E-state index >= 15 is 0 Å². The number of rotatable bonds is 3. The number of carboxylic acids is 1. The van der Waals surface area contributed by atoms with Crippen molar-refractivity contribution >= 4 is 17.8 Å². The van der Waals surface area contributed by atoms with E-state index in [-0.39, 0.29) is 29.4 Å². The molecule has 1 saturated carbocycles. The molecule has 0 N–H and O–H groups in total. The van der Waals surface area contributed by atoms with Gasteiger partial charge >= 0.3 is 0 Å². The van der Waals surface area contributed by atoms with Crippen molar-refractivity contribution in [2.45, 2.75) is 6.42 Å². The van der Waals surface area contributed by atoms with Gasteiger partial charge in [-0.15, -0.1) is 0 Å². The fourth-order valence-corrected chi connectivity index (χ4v) is 4.38. The Hall–Kier alpha value is -2.57. The summed E-state index contributed by atoms with van der Waals surface area (Å²) in [6.45, 7) is 1.64. The summed E-state index contributed by atoms with van der Waals surface area (Å²) in [4.78, 5) is 40.0. The number of piperazine rings is 1. The van der Waals surface area contributed by atoms with Crippen molar-refractivity contribution in [3.05, 3.63) is 36.3 Å². The van der Waals surface area contributed by atoms with E-state index in [1.807, 2.05) is 12.2 Å². The van der Waals surface area contributed by atoms with Gasteiger partial charge in [-0.3, -0.25) is 9.59 Å². The maximum atomic E-state index is 12.9. The van der Waals surface area contributed by atoms with Crippen LogP contribution in [-0.4, -0.2) is 53.8 Å². The molecular formula is C18H19N2O5-. The number of amides is 2. The predicted molar refractivity (Wildman–Crippen MR) is 83.9 cm³/mol. The summed E-state index contributed by atoms with van der Waals surface area (Å²) < 4.78 is 5.13. The van der Waals surface area contributed by atoms with Crippen LogP contribution in [0.15, 0.2) is 35.0 Å². The molecule has 2 aliphatic carbocycles. The Bertz CT molecular complexity index is 718. The van der Waals surface area contributed by atoms with Gasteiger partial charge in [0.25, 0.3) is 5.91 Å². The highest BCUT2D eigenvalue weighted by Crippen LogP contribution is 2.48. The first-order valence-electron chi connectivity index (χ1n) is 8.57. The van der Waals surface area contributed by atoms with Gasteiger partial charge in [0, 0.05) is 38.1 Å². The summed E-state index contributed by atoms with van der Waals surface area (Å²) >= 11 is 0. The standard InChI is InChI=1S/C18H20N2O5/c21-16(13-2-1-9-25-13)19-5-7-20(8-6-19)17(22)14-11-3-4-12(10-11)15(14)18(23)24/h1-4,9,11-12,14-15H,5-8,10H2,(H,23,24)/p-1/t11-,12-,14+,15+/m1/s1. The molecule has 0 spiro atoms. The maximum Gasteiger partial charge on any atom is 0.289 e. The molecule has 1 aromatic rings. The number of fused-ring (bicyclic) bond motifs is 2. The number of carbonyl (C=O) groups excluding carboxylic acids is 3. The Labute approximate surface area is 144 Å². The zero-order valence-electron chi connectivity index (χ0n) is 13.7. The number of aliphatic carboxylic acids is 1. The number of carboxylic acid groups (broad SMARTS) is 1. The molecule has 2 amide bonds. The Kier molecular flexibility index (Phi) is 3.86.